The summed E-state index contributed by atoms with van der Waals surface area (Å²) in [7, 11) is 0. The van der Waals surface area contributed by atoms with Crippen LogP contribution in [0, 0.1) is 0 Å². The molecule has 1 aromatic heterocycles. The van der Waals surface area contributed by atoms with E-state index < -0.39 is 0 Å². The van der Waals surface area contributed by atoms with Crippen molar-refractivity contribution in [2.45, 2.75) is 19.9 Å². The SMILES string of the molecule is C=C(CC)Cn1ncc(Cl)c(Cl)c1=O. The van der Waals surface area contributed by atoms with Gasteiger partial charge < -0.3 is 0 Å². The summed E-state index contributed by atoms with van der Waals surface area (Å²) in [5.41, 5.74) is 0.534. The Hall–Kier alpha value is -0.800. The second-order valence-corrected chi connectivity index (χ2v) is 3.66. The average Bonchev–Trinajstić information content (AvgIpc) is 2.19. The molecule has 1 heterocycles. The Kier molecular flexibility index (Phi) is 3.72. The normalized spacial score (nSPS) is 10.2. The van der Waals surface area contributed by atoms with Crippen LogP contribution in [0.5, 0.6) is 0 Å². The fourth-order valence-corrected chi connectivity index (χ4v) is 1.15. The first kappa shape index (κ1) is 11.3. The molecule has 1 aromatic rings. The molecule has 0 N–H and O–H groups in total. The highest BCUT2D eigenvalue weighted by molar-refractivity contribution is 6.41. The van der Waals surface area contributed by atoms with E-state index in [1.807, 2.05) is 6.92 Å². The molecule has 0 aliphatic rings. The Morgan fingerprint density at radius 3 is 2.86 bits per heavy atom. The molecule has 0 amide bonds. The largest absolute Gasteiger partial charge is 0.287 e. The summed E-state index contributed by atoms with van der Waals surface area (Å²) in [5.74, 6) is 0. The van der Waals surface area contributed by atoms with Crippen LogP contribution in [0.4, 0.5) is 0 Å². The Bertz CT molecular complexity index is 412. The molecular weight excluding hydrogens is 223 g/mol. The Labute approximate surface area is 92.0 Å². The van der Waals surface area contributed by atoms with Gasteiger partial charge in [-0.25, -0.2) is 4.68 Å². The summed E-state index contributed by atoms with van der Waals surface area (Å²) >= 11 is 11.3. The van der Waals surface area contributed by atoms with Crippen LogP contribution in [0.2, 0.25) is 10.0 Å². The third-order valence-corrected chi connectivity index (χ3v) is 2.56. The van der Waals surface area contributed by atoms with Crippen LogP contribution in [0.1, 0.15) is 13.3 Å². The van der Waals surface area contributed by atoms with Crippen molar-refractivity contribution in [2.24, 2.45) is 0 Å². The molecule has 0 spiro atoms. The Morgan fingerprint density at radius 1 is 1.64 bits per heavy atom. The minimum Gasteiger partial charge on any atom is -0.266 e. The third kappa shape index (κ3) is 2.36. The maximum atomic E-state index is 11.5. The van der Waals surface area contributed by atoms with E-state index in [1.165, 1.54) is 10.9 Å². The van der Waals surface area contributed by atoms with Gasteiger partial charge in [0.15, 0.2) is 0 Å². The predicted molar refractivity (Wildman–Crippen MR) is 57.9 cm³/mol. The number of rotatable bonds is 3. The summed E-state index contributed by atoms with van der Waals surface area (Å²) in [6, 6.07) is 0. The quantitative estimate of drug-likeness (QED) is 0.752. The van der Waals surface area contributed by atoms with E-state index in [1.54, 1.807) is 0 Å². The van der Waals surface area contributed by atoms with Gasteiger partial charge in [-0.05, 0) is 6.42 Å². The second-order valence-electron chi connectivity index (χ2n) is 2.87. The lowest BCUT2D eigenvalue weighted by atomic mass is 10.2. The number of hydrogen-bond donors (Lipinski definition) is 0. The molecule has 0 saturated heterocycles. The number of aromatic nitrogens is 2. The first-order valence-electron chi connectivity index (χ1n) is 4.14. The zero-order valence-electron chi connectivity index (χ0n) is 7.76. The van der Waals surface area contributed by atoms with Crippen molar-refractivity contribution in [3.8, 4) is 0 Å². The lowest BCUT2D eigenvalue weighted by Gasteiger charge is -2.05. The van der Waals surface area contributed by atoms with Crippen LogP contribution in [-0.2, 0) is 6.54 Å². The highest BCUT2D eigenvalue weighted by Gasteiger charge is 2.07. The summed E-state index contributed by atoms with van der Waals surface area (Å²) in [6.45, 7) is 6.13. The van der Waals surface area contributed by atoms with E-state index in [-0.39, 0.29) is 15.6 Å². The van der Waals surface area contributed by atoms with Gasteiger partial charge in [0.25, 0.3) is 5.56 Å². The molecule has 0 aliphatic carbocycles. The van der Waals surface area contributed by atoms with Crippen molar-refractivity contribution in [1.29, 1.82) is 0 Å². The van der Waals surface area contributed by atoms with Gasteiger partial charge in [-0.1, -0.05) is 42.3 Å². The van der Waals surface area contributed by atoms with Gasteiger partial charge in [0.2, 0.25) is 0 Å². The van der Waals surface area contributed by atoms with Crippen molar-refractivity contribution < 1.29 is 0 Å². The highest BCUT2D eigenvalue weighted by atomic mass is 35.5. The summed E-state index contributed by atoms with van der Waals surface area (Å²) in [4.78, 5) is 11.5. The minimum absolute atomic E-state index is 0.00516. The van der Waals surface area contributed by atoms with Crippen molar-refractivity contribution in [1.82, 2.24) is 9.78 Å². The molecule has 0 radical (unpaired) electrons. The van der Waals surface area contributed by atoms with Crippen LogP contribution >= 0.6 is 23.2 Å². The standard InChI is InChI=1S/C9H10Cl2N2O/c1-3-6(2)5-13-9(14)8(11)7(10)4-12-13/h4H,2-3,5H2,1H3. The summed E-state index contributed by atoms with van der Waals surface area (Å²) < 4.78 is 1.25. The maximum absolute atomic E-state index is 11.5. The molecule has 0 atom stereocenters. The van der Waals surface area contributed by atoms with Crippen molar-refractivity contribution in [3.63, 3.8) is 0 Å². The molecule has 76 valence electrons. The van der Waals surface area contributed by atoms with Crippen LogP contribution < -0.4 is 5.56 Å². The van der Waals surface area contributed by atoms with E-state index in [9.17, 15) is 4.79 Å². The summed E-state index contributed by atoms with van der Waals surface area (Å²) in [5, 5.41) is 4.03. The van der Waals surface area contributed by atoms with Crippen molar-refractivity contribution >= 4 is 23.2 Å². The topological polar surface area (TPSA) is 34.9 Å². The van der Waals surface area contributed by atoms with Gasteiger partial charge in [0, 0.05) is 0 Å². The zero-order chi connectivity index (χ0) is 10.7. The Morgan fingerprint density at radius 2 is 2.29 bits per heavy atom. The van der Waals surface area contributed by atoms with E-state index in [4.69, 9.17) is 23.2 Å². The average molecular weight is 233 g/mol. The molecule has 0 aliphatic heterocycles. The maximum Gasteiger partial charge on any atom is 0.287 e. The smallest absolute Gasteiger partial charge is 0.266 e. The van der Waals surface area contributed by atoms with Gasteiger partial charge >= 0.3 is 0 Å². The van der Waals surface area contributed by atoms with Gasteiger partial charge in [0.1, 0.15) is 5.02 Å². The molecule has 0 saturated carbocycles. The molecule has 0 fully saturated rings. The molecule has 0 bridgehead atoms. The van der Waals surface area contributed by atoms with E-state index in [2.05, 4.69) is 11.7 Å². The number of halogens is 2. The van der Waals surface area contributed by atoms with Crippen LogP contribution in [-0.4, -0.2) is 9.78 Å². The van der Waals surface area contributed by atoms with E-state index in [0.717, 1.165) is 12.0 Å². The minimum atomic E-state index is -0.381. The third-order valence-electron chi connectivity index (χ3n) is 1.82. The van der Waals surface area contributed by atoms with Crippen LogP contribution in [0.25, 0.3) is 0 Å². The first-order valence-corrected chi connectivity index (χ1v) is 4.89. The lowest BCUT2D eigenvalue weighted by Crippen LogP contribution is -2.23. The van der Waals surface area contributed by atoms with Gasteiger partial charge in [0.05, 0.1) is 17.8 Å². The summed E-state index contributed by atoms with van der Waals surface area (Å²) in [6.07, 6.45) is 2.16. The zero-order valence-corrected chi connectivity index (χ0v) is 9.27. The molecular formula is C9H10Cl2N2O. The molecule has 1 rings (SSSR count). The van der Waals surface area contributed by atoms with Gasteiger partial charge in [-0.2, -0.15) is 5.10 Å². The Balaban J connectivity index is 3.06. The number of allylic oxidation sites excluding steroid dienone is 1. The van der Waals surface area contributed by atoms with E-state index >= 15 is 0 Å². The van der Waals surface area contributed by atoms with Crippen molar-refractivity contribution in [3.05, 3.63) is 38.7 Å². The fourth-order valence-electron chi connectivity index (χ4n) is 0.881. The molecule has 0 aromatic carbocycles. The fraction of sp³-hybridized carbons (Fsp3) is 0.333. The second kappa shape index (κ2) is 4.62. The van der Waals surface area contributed by atoms with Gasteiger partial charge in [-0.15, -0.1) is 0 Å². The van der Waals surface area contributed by atoms with E-state index in [0.29, 0.717) is 6.54 Å². The molecule has 0 unspecified atom stereocenters. The number of hydrogen-bond acceptors (Lipinski definition) is 2. The highest BCUT2D eigenvalue weighted by Crippen LogP contribution is 2.14. The van der Waals surface area contributed by atoms with Crippen LogP contribution in [0.15, 0.2) is 23.1 Å². The van der Waals surface area contributed by atoms with Crippen molar-refractivity contribution in [2.75, 3.05) is 0 Å². The predicted octanol–water partition coefficient (Wildman–Crippen LogP) is 2.52. The van der Waals surface area contributed by atoms with Gasteiger partial charge in [-0.3, -0.25) is 4.79 Å². The molecule has 14 heavy (non-hydrogen) atoms. The van der Waals surface area contributed by atoms with Crippen LogP contribution in [0.3, 0.4) is 0 Å². The molecule has 3 nitrogen and oxygen atoms in total. The monoisotopic (exact) mass is 232 g/mol. The number of nitrogens with zero attached hydrogens (tertiary/aromatic N) is 2. The lowest BCUT2D eigenvalue weighted by molar-refractivity contribution is 0.622. The molecule has 5 heteroatoms. The first-order chi connectivity index (χ1) is 6.56.